The molecule has 15 heavy (non-hydrogen) atoms. The Kier molecular flexibility index (Phi) is 8.03. The van der Waals surface area contributed by atoms with E-state index in [1.54, 1.807) is 0 Å². The molecular weight excluding hydrogens is 310 g/mol. The first-order valence-electron chi connectivity index (χ1n) is 4.60. The quantitative estimate of drug-likeness (QED) is 0.744. The monoisotopic (exact) mass is 327 g/mol. The largest absolute Gasteiger partial charge is 0.147 e. The third-order valence-electron chi connectivity index (χ3n) is 3.49. The molecular formula is C11H19Cl2OZr. The third kappa shape index (κ3) is 3.19. The first-order chi connectivity index (χ1) is 5.92. The second-order valence-electron chi connectivity index (χ2n) is 4.27. The van der Waals surface area contributed by atoms with Crippen LogP contribution in [0.1, 0.15) is 34.6 Å². The van der Waals surface area contributed by atoms with E-state index in [1.807, 2.05) is 0 Å². The molecule has 1 rings (SSSR count). The second kappa shape index (κ2) is 6.59. The van der Waals surface area contributed by atoms with Crippen LogP contribution in [0.4, 0.5) is 0 Å². The van der Waals surface area contributed by atoms with Crippen LogP contribution in [-0.2, 0) is 28.0 Å². The van der Waals surface area contributed by atoms with E-state index in [9.17, 15) is 0 Å². The zero-order chi connectivity index (χ0) is 10.2. The van der Waals surface area contributed by atoms with Crippen molar-refractivity contribution in [3.05, 3.63) is 22.3 Å². The number of allylic oxidation sites excluding steroid dienone is 3. The molecule has 0 spiro atoms. The van der Waals surface area contributed by atoms with Crippen LogP contribution in [0.5, 0.6) is 0 Å². The van der Waals surface area contributed by atoms with Crippen LogP contribution in [0.15, 0.2) is 22.3 Å². The molecule has 0 aromatic heterocycles. The van der Waals surface area contributed by atoms with Crippen molar-refractivity contribution >= 4 is 24.8 Å². The molecule has 0 N–H and O–H groups in total. The maximum Gasteiger partial charge on any atom is -0.147 e. The zero-order valence-corrected chi connectivity index (χ0v) is 14.0. The number of hydrogen-bond donors (Lipinski definition) is 0. The third-order valence-corrected chi connectivity index (χ3v) is 3.84. The summed E-state index contributed by atoms with van der Waals surface area (Å²) in [6.45, 7) is 12.0. The van der Waals surface area contributed by atoms with Crippen molar-refractivity contribution in [2.75, 3.05) is 6.61 Å². The molecule has 0 fully saturated rings. The smallest absolute Gasteiger partial charge is 0.147 e. The summed E-state index contributed by atoms with van der Waals surface area (Å²) in [5.41, 5.74) is 6.05. The Labute approximate surface area is 121 Å². The van der Waals surface area contributed by atoms with Gasteiger partial charge >= 0.3 is 96.9 Å². The Morgan fingerprint density at radius 1 is 1.07 bits per heavy atom. The topological polar surface area (TPSA) is 9.23 Å². The van der Waals surface area contributed by atoms with Gasteiger partial charge in [-0.05, 0) is 0 Å². The summed E-state index contributed by atoms with van der Waals surface area (Å²) >= 11 is 1.16. The average molecular weight is 329 g/mol. The fraction of sp³-hybridized carbons (Fsp3) is 0.636. The molecule has 1 nitrogen and oxygen atoms in total. The fourth-order valence-corrected chi connectivity index (χ4v) is 2.39. The van der Waals surface area contributed by atoms with E-state index in [2.05, 4.69) is 34.6 Å². The Morgan fingerprint density at radius 3 is 1.80 bits per heavy atom. The van der Waals surface area contributed by atoms with Crippen molar-refractivity contribution in [3.63, 3.8) is 0 Å². The second-order valence-corrected chi connectivity index (χ2v) is 4.98. The summed E-state index contributed by atoms with van der Waals surface area (Å²) in [7, 11) is 0. The minimum absolute atomic E-state index is 0. The van der Waals surface area contributed by atoms with Gasteiger partial charge in [-0.25, -0.2) is 0 Å². The predicted octanol–water partition coefficient (Wildman–Crippen LogP) is 4.00. The van der Waals surface area contributed by atoms with Crippen LogP contribution in [0.25, 0.3) is 0 Å². The van der Waals surface area contributed by atoms with Gasteiger partial charge in [0.1, 0.15) is 0 Å². The van der Waals surface area contributed by atoms with Gasteiger partial charge in [0.15, 0.2) is 0 Å². The van der Waals surface area contributed by atoms with E-state index in [1.165, 1.54) is 22.3 Å². The van der Waals surface area contributed by atoms with Crippen LogP contribution < -0.4 is 0 Å². The summed E-state index contributed by atoms with van der Waals surface area (Å²) in [5.74, 6) is 0. The molecule has 0 unspecified atom stereocenters. The summed E-state index contributed by atoms with van der Waals surface area (Å²) in [6, 6.07) is 0. The molecule has 0 radical (unpaired) electrons. The van der Waals surface area contributed by atoms with Gasteiger partial charge in [0, 0.05) is 0 Å². The Hall–Kier alpha value is 0.903. The Morgan fingerprint density at radius 2 is 1.53 bits per heavy atom. The van der Waals surface area contributed by atoms with E-state index in [0.717, 1.165) is 31.8 Å². The van der Waals surface area contributed by atoms with Gasteiger partial charge in [-0.3, -0.25) is 0 Å². The molecule has 0 aromatic carbocycles. The molecule has 0 heterocycles. The van der Waals surface area contributed by atoms with E-state index in [-0.39, 0.29) is 30.2 Å². The van der Waals surface area contributed by atoms with Gasteiger partial charge in [0.25, 0.3) is 0 Å². The predicted molar refractivity (Wildman–Crippen MR) is 65.3 cm³/mol. The molecule has 87 valence electrons. The van der Waals surface area contributed by atoms with Crippen LogP contribution >= 0.6 is 24.8 Å². The molecule has 1 aliphatic rings. The number of hydrogen-bond acceptors (Lipinski definition) is 1. The van der Waals surface area contributed by atoms with Gasteiger partial charge in [0.2, 0.25) is 0 Å². The first kappa shape index (κ1) is 18.3. The maximum absolute atomic E-state index is 5.33. The van der Waals surface area contributed by atoms with Crippen LogP contribution in [-0.4, -0.2) is 6.61 Å². The van der Waals surface area contributed by atoms with Gasteiger partial charge < -0.3 is 0 Å². The van der Waals surface area contributed by atoms with E-state index in [4.69, 9.17) is 2.81 Å². The molecule has 0 aliphatic heterocycles. The van der Waals surface area contributed by atoms with Gasteiger partial charge in [-0.2, -0.15) is 0 Å². The van der Waals surface area contributed by atoms with Crippen molar-refractivity contribution in [2.24, 2.45) is 5.41 Å². The Balaban J connectivity index is 0. The zero-order valence-electron chi connectivity index (χ0n) is 9.93. The average Bonchev–Trinajstić information content (AvgIpc) is 2.20. The normalized spacial score (nSPS) is 18.7. The summed E-state index contributed by atoms with van der Waals surface area (Å²) in [4.78, 5) is 0. The fourth-order valence-electron chi connectivity index (χ4n) is 2.03. The van der Waals surface area contributed by atoms with E-state index >= 15 is 0 Å². The molecule has 4 heteroatoms. The van der Waals surface area contributed by atoms with Crippen molar-refractivity contribution < 1.29 is 28.0 Å². The molecule has 0 amide bonds. The SMILES string of the molecule is CC1=C(C)C(C)(C)C(C[O][Zr])=C1C.Cl.Cl. The minimum atomic E-state index is 0. The van der Waals surface area contributed by atoms with Gasteiger partial charge in [-0.1, -0.05) is 0 Å². The van der Waals surface area contributed by atoms with E-state index < -0.39 is 0 Å². The van der Waals surface area contributed by atoms with Crippen molar-refractivity contribution in [1.82, 2.24) is 0 Å². The van der Waals surface area contributed by atoms with Crippen molar-refractivity contribution in [2.45, 2.75) is 34.6 Å². The van der Waals surface area contributed by atoms with Crippen molar-refractivity contribution in [3.8, 4) is 0 Å². The summed E-state index contributed by atoms with van der Waals surface area (Å²) in [6.07, 6.45) is 0. The number of rotatable bonds is 2. The molecule has 0 atom stereocenters. The van der Waals surface area contributed by atoms with Gasteiger partial charge in [0.05, 0.1) is 0 Å². The summed E-state index contributed by atoms with van der Waals surface area (Å²) in [5, 5.41) is 0. The number of halogens is 2. The van der Waals surface area contributed by atoms with Crippen LogP contribution in [0.2, 0.25) is 0 Å². The van der Waals surface area contributed by atoms with Crippen LogP contribution in [0.3, 0.4) is 0 Å². The molecule has 0 aromatic rings. The van der Waals surface area contributed by atoms with Crippen molar-refractivity contribution in [1.29, 1.82) is 0 Å². The Bertz CT molecular complexity index is 293. The maximum atomic E-state index is 5.33. The molecule has 0 saturated heterocycles. The minimum Gasteiger partial charge on any atom is -0.147 e. The molecule has 0 saturated carbocycles. The van der Waals surface area contributed by atoms with E-state index in [0.29, 0.717) is 0 Å². The standard InChI is InChI=1S/C11H17O.2ClH.Zr/c1-7-8(2)10(6-12)11(4,5)9(7)3;;;/h6H2,1-5H3;2*1H;/q-1;;;+1. The molecule has 0 bridgehead atoms. The van der Waals surface area contributed by atoms with Crippen LogP contribution in [0, 0.1) is 5.41 Å². The first-order valence-corrected chi connectivity index (χ1v) is 5.60. The molecule has 1 aliphatic carbocycles. The van der Waals surface area contributed by atoms with Gasteiger partial charge in [-0.15, -0.1) is 24.8 Å². The summed E-state index contributed by atoms with van der Waals surface area (Å²) < 4.78 is 5.33.